The molecule has 0 aromatic heterocycles. The van der Waals surface area contributed by atoms with Crippen LogP contribution in [0.4, 0.5) is 0 Å². The summed E-state index contributed by atoms with van der Waals surface area (Å²) in [7, 11) is -4.80. The number of allylic oxidation sites excluding steroid dienone is 9. The van der Waals surface area contributed by atoms with Gasteiger partial charge in [-0.05, 0) is 44.9 Å². The molecule has 0 rings (SSSR count). The molecule has 10 heteroatoms. The quantitative estimate of drug-likeness (QED) is 0.0215. The number of ether oxygens (including phenoxy) is 2. The van der Waals surface area contributed by atoms with E-state index in [1.54, 1.807) is 12.2 Å². The second-order valence-electron chi connectivity index (χ2n) is 11.7. The summed E-state index contributed by atoms with van der Waals surface area (Å²) >= 11 is 0. The fourth-order valence-electron chi connectivity index (χ4n) is 4.52. The minimum atomic E-state index is -4.80. The molecule has 2 atom stereocenters. The average Bonchev–Trinajstić information content (AvgIpc) is 3.03. The van der Waals surface area contributed by atoms with Crippen molar-refractivity contribution in [1.82, 2.24) is 0 Å². The summed E-state index contributed by atoms with van der Waals surface area (Å²) in [5, 5.41) is 10.2. The third-order valence-electron chi connectivity index (χ3n) is 7.15. The summed E-state index contributed by atoms with van der Waals surface area (Å²) in [6.07, 6.45) is 35.5. The lowest BCUT2D eigenvalue weighted by molar-refractivity contribution is -0.161. The summed E-state index contributed by atoms with van der Waals surface area (Å²) in [6, 6.07) is 0. The zero-order chi connectivity index (χ0) is 34.9. The van der Waals surface area contributed by atoms with Crippen molar-refractivity contribution in [3.63, 3.8) is 0 Å². The van der Waals surface area contributed by atoms with E-state index in [1.165, 1.54) is 44.9 Å². The summed E-state index contributed by atoms with van der Waals surface area (Å²) in [6.45, 7) is 3.37. The number of aliphatic hydroxyl groups excluding tert-OH is 1. The van der Waals surface area contributed by atoms with Crippen LogP contribution in [0.15, 0.2) is 60.8 Å². The fraction of sp³-hybridized carbons (Fsp3) is 0.676. The Bertz CT molecular complexity index is 965. The molecule has 0 aliphatic heterocycles. The molecule has 0 aliphatic carbocycles. The van der Waals surface area contributed by atoms with Gasteiger partial charge in [0.05, 0.1) is 12.7 Å². The maximum atomic E-state index is 12.3. The van der Waals surface area contributed by atoms with Crippen molar-refractivity contribution in [2.75, 3.05) is 13.2 Å². The number of carbonyl (C=O) groups is 2. The molecule has 3 N–H and O–H groups in total. The van der Waals surface area contributed by atoms with Crippen LogP contribution in [0.1, 0.15) is 136 Å². The Balaban J connectivity index is 4.24. The molecule has 1 unspecified atom stereocenters. The van der Waals surface area contributed by atoms with Gasteiger partial charge in [-0.2, -0.15) is 0 Å². The van der Waals surface area contributed by atoms with Crippen molar-refractivity contribution >= 4 is 19.8 Å². The highest BCUT2D eigenvalue weighted by atomic mass is 31.2. The number of aliphatic hydroxyl groups is 1. The minimum absolute atomic E-state index is 0.0199. The van der Waals surface area contributed by atoms with Crippen LogP contribution in [0, 0.1) is 0 Å². The molecule has 0 amide bonds. The lowest BCUT2D eigenvalue weighted by Crippen LogP contribution is -2.29. The van der Waals surface area contributed by atoms with Crippen molar-refractivity contribution in [3.05, 3.63) is 60.8 Å². The minimum Gasteiger partial charge on any atom is -0.462 e. The Morgan fingerprint density at radius 1 is 0.660 bits per heavy atom. The molecule has 47 heavy (non-hydrogen) atoms. The van der Waals surface area contributed by atoms with E-state index >= 15 is 0 Å². The standard InChI is InChI=1S/C37H63O9P/c1-3-5-7-9-11-13-15-16-18-19-21-23-25-28-34(38)29-27-31-37(40)46-35(33-45-47(41,42)43)32-44-36(39)30-26-24-22-20-17-14-12-10-8-6-4-2/h5,7,11,13,16,18,21,23,25,28,34-35,38H,3-4,6,8-10,12,14-15,17,19-20,22,24,26-27,29-33H2,1-2H3,(H2,41,42,43)/b7-5-,13-11-,18-16-,23-21-,28-25+/t34?,35-/m1/s1. The lowest BCUT2D eigenvalue weighted by Gasteiger charge is -2.18. The van der Waals surface area contributed by atoms with Crippen LogP contribution in [-0.4, -0.2) is 52.3 Å². The smallest absolute Gasteiger partial charge is 0.462 e. The van der Waals surface area contributed by atoms with Crippen LogP contribution in [0.3, 0.4) is 0 Å². The second kappa shape index (κ2) is 32.3. The van der Waals surface area contributed by atoms with Crippen molar-refractivity contribution < 1.29 is 43.0 Å². The first-order valence-corrected chi connectivity index (χ1v) is 19.2. The largest absolute Gasteiger partial charge is 0.469 e. The van der Waals surface area contributed by atoms with E-state index in [-0.39, 0.29) is 19.4 Å². The monoisotopic (exact) mass is 682 g/mol. The molecular formula is C37H63O9P. The first-order valence-electron chi connectivity index (χ1n) is 17.7. The fourth-order valence-corrected chi connectivity index (χ4v) is 4.88. The number of carbonyl (C=O) groups excluding carboxylic acids is 2. The van der Waals surface area contributed by atoms with Gasteiger partial charge in [-0.3, -0.25) is 14.1 Å². The number of esters is 2. The molecule has 0 aliphatic rings. The summed E-state index contributed by atoms with van der Waals surface area (Å²) in [5.41, 5.74) is 0. The van der Waals surface area contributed by atoms with E-state index in [0.29, 0.717) is 19.3 Å². The zero-order valence-electron chi connectivity index (χ0n) is 29.0. The normalized spacial score (nSPS) is 13.9. The first-order chi connectivity index (χ1) is 22.7. The SMILES string of the molecule is CC/C=C\C/C=C\C/C=C\C/C=C\C=C\C(O)CCCC(=O)O[C@H](COC(=O)CCCCCCCCCCCCC)COP(=O)(O)O. The Labute approximate surface area is 284 Å². The highest BCUT2D eigenvalue weighted by Gasteiger charge is 2.23. The van der Waals surface area contributed by atoms with Crippen molar-refractivity contribution in [1.29, 1.82) is 0 Å². The van der Waals surface area contributed by atoms with E-state index in [0.717, 1.165) is 44.9 Å². The molecule has 0 spiro atoms. The Morgan fingerprint density at radius 3 is 1.77 bits per heavy atom. The van der Waals surface area contributed by atoms with Crippen LogP contribution in [0.25, 0.3) is 0 Å². The van der Waals surface area contributed by atoms with Gasteiger partial charge in [-0.15, -0.1) is 0 Å². The van der Waals surface area contributed by atoms with Gasteiger partial charge in [-0.25, -0.2) is 4.57 Å². The molecule has 0 fully saturated rings. The molecule has 0 saturated carbocycles. The second-order valence-corrected chi connectivity index (χ2v) is 12.9. The van der Waals surface area contributed by atoms with E-state index in [2.05, 4.69) is 54.8 Å². The maximum Gasteiger partial charge on any atom is 0.469 e. The van der Waals surface area contributed by atoms with Gasteiger partial charge in [-0.1, -0.05) is 139 Å². The molecule has 0 aromatic carbocycles. The highest BCUT2D eigenvalue weighted by molar-refractivity contribution is 7.46. The van der Waals surface area contributed by atoms with E-state index in [9.17, 15) is 19.3 Å². The summed E-state index contributed by atoms with van der Waals surface area (Å²) in [5.74, 6) is -1.10. The first kappa shape index (κ1) is 44.7. The van der Waals surface area contributed by atoms with Gasteiger partial charge in [0, 0.05) is 12.8 Å². The third-order valence-corrected chi connectivity index (χ3v) is 7.64. The van der Waals surface area contributed by atoms with Crippen LogP contribution >= 0.6 is 7.82 Å². The third kappa shape index (κ3) is 34.9. The van der Waals surface area contributed by atoms with Crippen LogP contribution < -0.4 is 0 Å². The van der Waals surface area contributed by atoms with Crippen LogP contribution in [-0.2, 0) is 28.2 Å². The number of phosphoric acid groups is 1. The van der Waals surface area contributed by atoms with Gasteiger partial charge in [0.15, 0.2) is 6.10 Å². The molecule has 270 valence electrons. The van der Waals surface area contributed by atoms with E-state index in [1.807, 2.05) is 12.2 Å². The zero-order valence-corrected chi connectivity index (χ0v) is 29.9. The molecule has 0 saturated heterocycles. The van der Waals surface area contributed by atoms with Crippen LogP contribution in [0.5, 0.6) is 0 Å². The number of rotatable bonds is 31. The highest BCUT2D eigenvalue weighted by Crippen LogP contribution is 2.35. The maximum absolute atomic E-state index is 12.3. The van der Waals surface area contributed by atoms with Gasteiger partial charge < -0.3 is 24.4 Å². The van der Waals surface area contributed by atoms with E-state index in [4.69, 9.17) is 19.3 Å². The molecular weight excluding hydrogens is 619 g/mol. The van der Waals surface area contributed by atoms with Gasteiger partial charge in [0.1, 0.15) is 6.61 Å². The van der Waals surface area contributed by atoms with E-state index < -0.39 is 38.6 Å². The number of hydrogen-bond acceptors (Lipinski definition) is 7. The molecule has 0 aromatic rings. The van der Waals surface area contributed by atoms with Crippen molar-refractivity contribution in [3.8, 4) is 0 Å². The molecule has 0 bridgehead atoms. The Hall–Kier alpha value is -2.29. The predicted molar refractivity (Wildman–Crippen MR) is 190 cm³/mol. The topological polar surface area (TPSA) is 140 Å². The van der Waals surface area contributed by atoms with Crippen molar-refractivity contribution in [2.45, 2.75) is 148 Å². The van der Waals surface area contributed by atoms with Crippen LogP contribution in [0.2, 0.25) is 0 Å². The predicted octanol–water partition coefficient (Wildman–Crippen LogP) is 9.14. The lowest BCUT2D eigenvalue weighted by atomic mass is 10.1. The molecule has 0 radical (unpaired) electrons. The Morgan fingerprint density at radius 2 is 1.19 bits per heavy atom. The summed E-state index contributed by atoms with van der Waals surface area (Å²) in [4.78, 5) is 42.6. The molecule has 9 nitrogen and oxygen atoms in total. The summed E-state index contributed by atoms with van der Waals surface area (Å²) < 4.78 is 26.1. The Kier molecular flexibility index (Phi) is 30.7. The number of unbranched alkanes of at least 4 members (excludes halogenated alkanes) is 10. The van der Waals surface area contributed by atoms with Crippen molar-refractivity contribution in [2.24, 2.45) is 0 Å². The molecule has 0 heterocycles. The van der Waals surface area contributed by atoms with Gasteiger partial charge in [0.25, 0.3) is 0 Å². The average molecular weight is 683 g/mol. The number of phosphoric ester groups is 1. The van der Waals surface area contributed by atoms with Gasteiger partial charge >= 0.3 is 19.8 Å². The number of hydrogen-bond donors (Lipinski definition) is 3. The van der Waals surface area contributed by atoms with Gasteiger partial charge in [0.2, 0.25) is 0 Å².